The zero-order valence-corrected chi connectivity index (χ0v) is 12.4. The van der Waals surface area contributed by atoms with E-state index in [2.05, 4.69) is 16.7 Å². The predicted molar refractivity (Wildman–Crippen MR) is 76.3 cm³/mol. The number of carbonyl (C=O) groups is 1. The van der Waals surface area contributed by atoms with Crippen molar-refractivity contribution in [3.63, 3.8) is 0 Å². The summed E-state index contributed by atoms with van der Waals surface area (Å²) in [6, 6.07) is 0.593. The van der Waals surface area contributed by atoms with Gasteiger partial charge in [-0.15, -0.1) is 0 Å². The van der Waals surface area contributed by atoms with E-state index in [9.17, 15) is 9.90 Å². The largest absolute Gasteiger partial charge is 0.481 e. The first-order chi connectivity index (χ1) is 9.05. The molecule has 4 nitrogen and oxygen atoms in total. The molecule has 0 aromatic rings. The number of hydrogen-bond acceptors (Lipinski definition) is 3. The van der Waals surface area contributed by atoms with Gasteiger partial charge in [0.15, 0.2) is 0 Å². The molecule has 0 radical (unpaired) electrons. The van der Waals surface area contributed by atoms with Gasteiger partial charge in [0.05, 0.1) is 5.41 Å². The number of carboxylic acid groups (broad SMARTS) is 1. The van der Waals surface area contributed by atoms with Gasteiger partial charge in [-0.05, 0) is 65.2 Å². The van der Waals surface area contributed by atoms with Crippen LogP contribution in [0.5, 0.6) is 0 Å². The smallest absolute Gasteiger partial charge is 0.310 e. The number of nitrogens with zero attached hydrogens (tertiary/aromatic N) is 2. The van der Waals surface area contributed by atoms with E-state index >= 15 is 0 Å². The molecule has 0 aromatic carbocycles. The van der Waals surface area contributed by atoms with Crippen LogP contribution in [0.2, 0.25) is 0 Å². The van der Waals surface area contributed by atoms with E-state index in [1.54, 1.807) is 0 Å². The summed E-state index contributed by atoms with van der Waals surface area (Å²) in [5.41, 5.74) is -0.533. The van der Waals surface area contributed by atoms with Gasteiger partial charge in [-0.2, -0.15) is 0 Å². The van der Waals surface area contributed by atoms with Gasteiger partial charge in [0, 0.05) is 12.6 Å². The first-order valence-corrected chi connectivity index (χ1v) is 7.75. The van der Waals surface area contributed by atoms with Crippen LogP contribution in [-0.4, -0.2) is 59.6 Å². The minimum Gasteiger partial charge on any atom is -0.481 e. The summed E-state index contributed by atoms with van der Waals surface area (Å²) in [5, 5.41) is 9.41. The van der Waals surface area contributed by atoms with Crippen LogP contribution in [0, 0.1) is 5.41 Å². The van der Waals surface area contributed by atoms with Crippen LogP contribution >= 0.6 is 0 Å². The normalized spacial score (nSPS) is 34.9. The first kappa shape index (κ1) is 14.8. The number of hydrogen-bond donors (Lipinski definition) is 1. The quantitative estimate of drug-likeness (QED) is 0.851. The zero-order valence-electron chi connectivity index (χ0n) is 12.4. The van der Waals surface area contributed by atoms with Crippen molar-refractivity contribution in [3.05, 3.63) is 0 Å². The summed E-state index contributed by atoms with van der Waals surface area (Å²) < 4.78 is 0. The number of rotatable bonds is 3. The summed E-state index contributed by atoms with van der Waals surface area (Å²) >= 11 is 0. The summed E-state index contributed by atoms with van der Waals surface area (Å²) in [6.07, 6.45) is 5.53. The van der Waals surface area contributed by atoms with Gasteiger partial charge in [0.2, 0.25) is 0 Å². The van der Waals surface area contributed by atoms with Crippen molar-refractivity contribution in [1.82, 2.24) is 9.80 Å². The van der Waals surface area contributed by atoms with Crippen molar-refractivity contribution in [3.8, 4) is 0 Å². The molecule has 1 N–H and O–H groups in total. The Balaban J connectivity index is 1.95. The molecule has 2 rings (SSSR count). The molecule has 110 valence electrons. The highest BCUT2D eigenvalue weighted by molar-refractivity contribution is 5.74. The molecule has 2 fully saturated rings. The van der Waals surface area contributed by atoms with Gasteiger partial charge < -0.3 is 10.0 Å². The Kier molecular flexibility index (Phi) is 4.85. The summed E-state index contributed by atoms with van der Waals surface area (Å²) in [5.74, 6) is -0.624. The van der Waals surface area contributed by atoms with E-state index in [1.807, 2.05) is 6.92 Å². The summed E-state index contributed by atoms with van der Waals surface area (Å²) in [4.78, 5) is 16.4. The Labute approximate surface area is 116 Å². The van der Waals surface area contributed by atoms with Crippen molar-refractivity contribution in [2.45, 2.75) is 52.0 Å². The Hall–Kier alpha value is -0.610. The molecule has 0 aliphatic carbocycles. The lowest BCUT2D eigenvalue weighted by Gasteiger charge is -2.41. The maximum atomic E-state index is 11.4. The fourth-order valence-corrected chi connectivity index (χ4v) is 3.58. The molecule has 0 spiro atoms. The second-order valence-corrected chi connectivity index (χ2v) is 6.46. The predicted octanol–water partition coefficient (Wildman–Crippen LogP) is 2.05. The van der Waals surface area contributed by atoms with E-state index in [0.717, 1.165) is 32.5 Å². The van der Waals surface area contributed by atoms with Gasteiger partial charge in [-0.25, -0.2) is 0 Å². The molecule has 2 unspecified atom stereocenters. The third-order valence-electron chi connectivity index (χ3n) is 5.00. The van der Waals surface area contributed by atoms with Crippen LogP contribution in [-0.2, 0) is 4.79 Å². The molecule has 2 aliphatic heterocycles. The molecule has 4 heteroatoms. The SMILES string of the molecule is CCN1CCCC(N2CCCC(C)(C(=O)O)C2)CC1. The molecule has 0 bridgehead atoms. The van der Waals surface area contributed by atoms with E-state index < -0.39 is 11.4 Å². The number of aliphatic carboxylic acids is 1. The average molecular weight is 268 g/mol. The van der Waals surface area contributed by atoms with Crippen LogP contribution < -0.4 is 0 Å². The highest BCUT2D eigenvalue weighted by Gasteiger charge is 2.39. The fourth-order valence-electron chi connectivity index (χ4n) is 3.58. The van der Waals surface area contributed by atoms with Crippen molar-refractivity contribution in [2.24, 2.45) is 5.41 Å². The third-order valence-corrected chi connectivity index (χ3v) is 5.00. The lowest BCUT2D eigenvalue weighted by Crippen LogP contribution is -2.50. The monoisotopic (exact) mass is 268 g/mol. The lowest BCUT2D eigenvalue weighted by molar-refractivity contribution is -0.151. The highest BCUT2D eigenvalue weighted by Crippen LogP contribution is 2.32. The average Bonchev–Trinajstić information content (AvgIpc) is 2.64. The Morgan fingerprint density at radius 1 is 1.26 bits per heavy atom. The van der Waals surface area contributed by atoms with E-state index in [0.29, 0.717) is 6.04 Å². The zero-order chi connectivity index (χ0) is 13.9. The van der Waals surface area contributed by atoms with Gasteiger partial charge in [-0.1, -0.05) is 6.92 Å². The Morgan fingerprint density at radius 3 is 2.74 bits per heavy atom. The topological polar surface area (TPSA) is 43.8 Å². The van der Waals surface area contributed by atoms with Gasteiger partial charge in [-0.3, -0.25) is 9.69 Å². The molecule has 2 heterocycles. The maximum absolute atomic E-state index is 11.4. The second kappa shape index (κ2) is 6.23. The van der Waals surface area contributed by atoms with Gasteiger partial charge >= 0.3 is 5.97 Å². The molecule has 0 saturated carbocycles. The molecule has 2 aliphatic rings. The minimum absolute atomic E-state index is 0.533. The van der Waals surface area contributed by atoms with Crippen LogP contribution in [0.25, 0.3) is 0 Å². The van der Waals surface area contributed by atoms with E-state index in [-0.39, 0.29) is 0 Å². The van der Waals surface area contributed by atoms with E-state index in [1.165, 1.54) is 32.4 Å². The lowest BCUT2D eigenvalue weighted by atomic mass is 9.81. The molecule has 0 amide bonds. The van der Waals surface area contributed by atoms with Crippen LogP contribution in [0.1, 0.15) is 46.0 Å². The van der Waals surface area contributed by atoms with Crippen molar-refractivity contribution < 1.29 is 9.90 Å². The highest BCUT2D eigenvalue weighted by atomic mass is 16.4. The second-order valence-electron chi connectivity index (χ2n) is 6.46. The van der Waals surface area contributed by atoms with Crippen molar-refractivity contribution in [2.75, 3.05) is 32.7 Å². The van der Waals surface area contributed by atoms with Gasteiger partial charge in [0.1, 0.15) is 0 Å². The fraction of sp³-hybridized carbons (Fsp3) is 0.933. The molecule has 19 heavy (non-hydrogen) atoms. The van der Waals surface area contributed by atoms with Crippen LogP contribution in [0.3, 0.4) is 0 Å². The van der Waals surface area contributed by atoms with E-state index in [4.69, 9.17) is 0 Å². The van der Waals surface area contributed by atoms with Crippen LogP contribution in [0.15, 0.2) is 0 Å². The van der Waals surface area contributed by atoms with Crippen molar-refractivity contribution >= 4 is 5.97 Å². The number of carboxylic acids is 1. The summed E-state index contributed by atoms with van der Waals surface area (Å²) in [7, 11) is 0. The maximum Gasteiger partial charge on any atom is 0.310 e. The first-order valence-electron chi connectivity index (χ1n) is 7.75. The van der Waals surface area contributed by atoms with Crippen LogP contribution in [0.4, 0.5) is 0 Å². The standard InChI is InChI=1S/C15H28N2O2/c1-3-16-9-4-6-13(7-11-16)17-10-5-8-15(2,12-17)14(18)19/h13H,3-12H2,1-2H3,(H,18,19). The molecule has 0 aromatic heterocycles. The van der Waals surface area contributed by atoms with Gasteiger partial charge in [0.25, 0.3) is 0 Å². The molecular weight excluding hydrogens is 240 g/mol. The number of likely N-dealkylation sites (tertiary alicyclic amines) is 2. The molecular formula is C15H28N2O2. The minimum atomic E-state index is -0.624. The summed E-state index contributed by atoms with van der Waals surface area (Å²) in [6.45, 7) is 9.47. The molecule has 2 atom stereocenters. The van der Waals surface area contributed by atoms with Crippen molar-refractivity contribution in [1.29, 1.82) is 0 Å². The third kappa shape index (κ3) is 3.48. The number of piperidine rings is 1. The Bertz CT molecular complexity index is 321. The Morgan fingerprint density at radius 2 is 2.05 bits per heavy atom. The molecule has 2 saturated heterocycles.